The van der Waals surface area contributed by atoms with Gasteiger partial charge >= 0.3 is 0 Å². The number of halogens is 1. The minimum Gasteiger partial charge on any atom is -0.497 e. The lowest BCUT2D eigenvalue weighted by molar-refractivity contribution is -0.139. The number of carbonyl (C=O) groups excluding carboxylic acids is 2. The number of nitrogens with one attached hydrogen (secondary N) is 1. The summed E-state index contributed by atoms with van der Waals surface area (Å²) >= 11 is 6.36. The van der Waals surface area contributed by atoms with Gasteiger partial charge in [-0.2, -0.15) is 0 Å². The topological polar surface area (TPSA) is 96.0 Å². The second-order valence-electron chi connectivity index (χ2n) is 9.45. The smallest absolute Gasteiger partial charge is 0.264 e. The van der Waals surface area contributed by atoms with Gasteiger partial charge in [0.25, 0.3) is 10.0 Å². The highest BCUT2D eigenvalue weighted by Gasteiger charge is 2.32. The maximum Gasteiger partial charge on any atom is 0.264 e. The lowest BCUT2D eigenvalue weighted by Crippen LogP contribution is -2.51. The van der Waals surface area contributed by atoms with Crippen molar-refractivity contribution in [2.45, 2.75) is 51.1 Å². The first-order chi connectivity index (χ1) is 19.1. The van der Waals surface area contributed by atoms with Gasteiger partial charge in [-0.05, 0) is 67.8 Å². The van der Waals surface area contributed by atoms with Crippen LogP contribution in [0.4, 0.5) is 5.69 Å². The number of ether oxygens (including phenoxy) is 1. The van der Waals surface area contributed by atoms with E-state index < -0.39 is 28.5 Å². The fourth-order valence-electron chi connectivity index (χ4n) is 4.03. The van der Waals surface area contributed by atoms with Crippen LogP contribution in [0.15, 0.2) is 77.7 Å². The zero-order valence-corrected chi connectivity index (χ0v) is 24.8. The van der Waals surface area contributed by atoms with Gasteiger partial charge < -0.3 is 15.0 Å². The molecule has 0 radical (unpaired) electrons. The Hall–Kier alpha value is -3.56. The van der Waals surface area contributed by atoms with Crippen molar-refractivity contribution < 1.29 is 22.7 Å². The van der Waals surface area contributed by atoms with E-state index in [1.165, 1.54) is 23.1 Å². The van der Waals surface area contributed by atoms with E-state index in [9.17, 15) is 18.0 Å². The molecule has 40 heavy (non-hydrogen) atoms. The molecule has 0 saturated heterocycles. The van der Waals surface area contributed by atoms with E-state index in [1.54, 1.807) is 68.6 Å². The Balaban J connectivity index is 2.00. The number of nitrogens with zero attached hydrogens (tertiary/aromatic N) is 2. The Morgan fingerprint density at radius 3 is 2.30 bits per heavy atom. The molecular formula is C30H36ClN3O5S. The van der Waals surface area contributed by atoms with Crippen molar-refractivity contribution in [1.82, 2.24) is 10.2 Å². The molecule has 1 atom stereocenters. The summed E-state index contributed by atoms with van der Waals surface area (Å²) in [5.41, 5.74) is 1.78. The molecule has 3 aromatic rings. The predicted octanol–water partition coefficient (Wildman–Crippen LogP) is 5.19. The summed E-state index contributed by atoms with van der Waals surface area (Å²) in [6.45, 7) is 5.53. The molecule has 0 bridgehead atoms. The molecule has 0 saturated carbocycles. The van der Waals surface area contributed by atoms with Crippen molar-refractivity contribution in [2.24, 2.45) is 0 Å². The van der Waals surface area contributed by atoms with Crippen LogP contribution in [0.2, 0.25) is 5.02 Å². The number of hydrogen-bond acceptors (Lipinski definition) is 5. The normalized spacial score (nSPS) is 11.9. The Morgan fingerprint density at radius 1 is 1.02 bits per heavy atom. The molecule has 0 aliphatic heterocycles. The van der Waals surface area contributed by atoms with Gasteiger partial charge in [0.1, 0.15) is 18.3 Å². The van der Waals surface area contributed by atoms with Crippen LogP contribution >= 0.6 is 11.6 Å². The van der Waals surface area contributed by atoms with E-state index in [0.717, 1.165) is 28.3 Å². The van der Waals surface area contributed by atoms with E-state index in [4.69, 9.17) is 16.3 Å². The number of sulfonamides is 1. The van der Waals surface area contributed by atoms with Gasteiger partial charge in [0.2, 0.25) is 11.8 Å². The van der Waals surface area contributed by atoms with E-state index >= 15 is 0 Å². The minimum absolute atomic E-state index is 0.0339. The lowest BCUT2D eigenvalue weighted by Gasteiger charge is -2.32. The summed E-state index contributed by atoms with van der Waals surface area (Å²) < 4.78 is 33.9. The fourth-order valence-corrected chi connectivity index (χ4v) is 5.63. The molecule has 0 aliphatic carbocycles. The molecule has 2 amide bonds. The minimum atomic E-state index is -4.15. The van der Waals surface area contributed by atoms with Crippen LogP contribution in [0.25, 0.3) is 0 Å². The summed E-state index contributed by atoms with van der Waals surface area (Å²) in [6.07, 6.45) is 1.72. The third kappa shape index (κ3) is 7.76. The number of methoxy groups -OCH3 is 1. The van der Waals surface area contributed by atoms with Crippen LogP contribution in [0.5, 0.6) is 5.75 Å². The van der Waals surface area contributed by atoms with Gasteiger partial charge in [0, 0.05) is 18.1 Å². The van der Waals surface area contributed by atoms with Crippen LogP contribution in [-0.4, -0.2) is 51.4 Å². The summed E-state index contributed by atoms with van der Waals surface area (Å²) in [4.78, 5) is 28.4. The Morgan fingerprint density at radius 2 is 1.70 bits per heavy atom. The van der Waals surface area contributed by atoms with Crippen molar-refractivity contribution in [3.05, 3.63) is 88.9 Å². The number of hydrogen-bond donors (Lipinski definition) is 1. The van der Waals surface area contributed by atoms with Crippen LogP contribution in [-0.2, 0) is 26.2 Å². The third-order valence-electron chi connectivity index (χ3n) is 6.56. The van der Waals surface area contributed by atoms with Crippen LogP contribution in [0.3, 0.4) is 0 Å². The molecule has 1 N–H and O–H groups in total. The predicted molar refractivity (Wildman–Crippen MR) is 158 cm³/mol. The molecule has 214 valence electrons. The lowest BCUT2D eigenvalue weighted by atomic mass is 10.1. The van der Waals surface area contributed by atoms with E-state index in [1.807, 2.05) is 13.8 Å². The largest absolute Gasteiger partial charge is 0.497 e. The van der Waals surface area contributed by atoms with Crippen LogP contribution in [0, 0.1) is 6.92 Å². The summed E-state index contributed by atoms with van der Waals surface area (Å²) in [5, 5.41) is 3.25. The van der Waals surface area contributed by atoms with Gasteiger partial charge in [-0.15, -0.1) is 0 Å². The van der Waals surface area contributed by atoms with E-state index in [2.05, 4.69) is 5.32 Å². The van der Waals surface area contributed by atoms with Gasteiger partial charge in [-0.3, -0.25) is 13.9 Å². The zero-order valence-electron chi connectivity index (χ0n) is 23.3. The maximum absolute atomic E-state index is 13.9. The first-order valence-electron chi connectivity index (χ1n) is 13.1. The van der Waals surface area contributed by atoms with Gasteiger partial charge in [0.05, 0.1) is 17.7 Å². The first-order valence-corrected chi connectivity index (χ1v) is 14.9. The number of rotatable bonds is 13. The van der Waals surface area contributed by atoms with Crippen molar-refractivity contribution in [3.8, 4) is 5.75 Å². The van der Waals surface area contributed by atoms with Crippen molar-refractivity contribution in [3.63, 3.8) is 0 Å². The fraction of sp³-hybridized carbons (Fsp3) is 0.333. The molecule has 0 aromatic heterocycles. The highest BCUT2D eigenvalue weighted by molar-refractivity contribution is 7.92. The van der Waals surface area contributed by atoms with Gasteiger partial charge in [0.15, 0.2) is 0 Å². The number of benzene rings is 3. The molecule has 3 rings (SSSR count). The Bertz CT molecular complexity index is 1400. The van der Waals surface area contributed by atoms with Crippen molar-refractivity contribution in [2.75, 3.05) is 24.5 Å². The SMILES string of the molecule is CCCCNC(=O)C(C)N(Cc1ccc(OC)cc1)C(=O)CN(c1ccc(C)c(Cl)c1)S(=O)(=O)c1ccccc1. The molecule has 1 unspecified atom stereocenters. The number of unbranched alkanes of at least 4 members (excludes halogenated alkanes) is 1. The van der Waals surface area contributed by atoms with Crippen LogP contribution in [0.1, 0.15) is 37.8 Å². The standard InChI is InChI=1S/C30H36ClN3O5S/c1-5-6-18-32-30(36)23(3)33(20-24-13-16-26(39-4)17-14-24)29(35)21-34(25-15-12-22(2)28(31)19-25)40(37,38)27-10-8-7-9-11-27/h7-17,19,23H,5-6,18,20-21H2,1-4H3,(H,32,36). The molecule has 3 aromatic carbocycles. The summed E-state index contributed by atoms with van der Waals surface area (Å²) in [7, 11) is -2.59. The van der Waals surface area contributed by atoms with Crippen LogP contribution < -0.4 is 14.4 Å². The second-order valence-corrected chi connectivity index (χ2v) is 11.7. The van der Waals surface area contributed by atoms with E-state index in [0.29, 0.717) is 17.3 Å². The third-order valence-corrected chi connectivity index (χ3v) is 8.76. The highest BCUT2D eigenvalue weighted by atomic mass is 35.5. The first kappa shape index (κ1) is 31.0. The quantitative estimate of drug-likeness (QED) is 0.279. The average molecular weight is 586 g/mol. The Kier molecular flexibility index (Phi) is 11.0. The van der Waals surface area contributed by atoms with E-state index in [-0.39, 0.29) is 23.0 Å². The number of anilines is 1. The Labute approximate surface area is 241 Å². The molecule has 0 spiro atoms. The van der Waals surface area contributed by atoms with Gasteiger partial charge in [-0.25, -0.2) is 8.42 Å². The maximum atomic E-state index is 13.9. The van der Waals surface area contributed by atoms with Crippen molar-refractivity contribution in [1.29, 1.82) is 0 Å². The number of carbonyl (C=O) groups is 2. The molecule has 0 heterocycles. The number of aryl methyl sites for hydroxylation is 1. The van der Waals surface area contributed by atoms with Crippen molar-refractivity contribution >= 4 is 39.1 Å². The molecular weight excluding hydrogens is 550 g/mol. The van der Waals surface area contributed by atoms with Gasteiger partial charge in [-0.1, -0.05) is 61.3 Å². The summed E-state index contributed by atoms with van der Waals surface area (Å²) in [6, 6.07) is 19.0. The highest BCUT2D eigenvalue weighted by Crippen LogP contribution is 2.28. The average Bonchev–Trinajstić information content (AvgIpc) is 2.96. The second kappa shape index (κ2) is 14.2. The molecule has 0 aliphatic rings. The summed E-state index contributed by atoms with van der Waals surface area (Å²) in [5.74, 6) is -0.195. The zero-order chi connectivity index (χ0) is 29.3. The molecule has 10 heteroatoms. The monoisotopic (exact) mass is 585 g/mol. The molecule has 0 fully saturated rings. The number of amides is 2. The molecule has 8 nitrogen and oxygen atoms in total.